The summed E-state index contributed by atoms with van der Waals surface area (Å²) in [5, 5.41) is 40.2. The van der Waals surface area contributed by atoms with Crippen molar-refractivity contribution in [2.24, 2.45) is 0 Å². The molecule has 2 aliphatic rings. The maximum atomic E-state index is 13.6. The summed E-state index contributed by atoms with van der Waals surface area (Å²) in [5.74, 6) is 0.890. The first-order valence-corrected chi connectivity index (χ1v) is 26.1. The molecule has 20 nitrogen and oxygen atoms in total. The van der Waals surface area contributed by atoms with Crippen LogP contribution < -0.4 is 20.1 Å². The number of carbonyl (C=O) groups is 2. The predicted molar refractivity (Wildman–Crippen MR) is 316 cm³/mol. The molecular weight excluding hydrogens is 1090 g/mol. The largest absolute Gasteiger partial charge is 0.497 e. The van der Waals surface area contributed by atoms with Crippen LogP contribution in [0.15, 0.2) is 128 Å². The molecule has 8 aromatic rings. The van der Waals surface area contributed by atoms with Gasteiger partial charge in [0.2, 0.25) is 11.6 Å². The molecule has 426 valence electrons. The third kappa shape index (κ3) is 13.8. The van der Waals surface area contributed by atoms with Gasteiger partial charge >= 0.3 is 11.4 Å². The van der Waals surface area contributed by atoms with Crippen molar-refractivity contribution in [2.75, 3.05) is 51.3 Å². The van der Waals surface area contributed by atoms with Crippen LogP contribution >= 0.6 is 23.2 Å². The van der Waals surface area contributed by atoms with Crippen LogP contribution in [0.4, 0.5) is 34.4 Å². The second kappa shape index (κ2) is 27.6. The number of nitrogens with one attached hydrogen (secondary N) is 2. The standard InChI is InChI=1S/C29H28ClN5O5.C29H26ClN5O5.2CH4/c2*1-18-27(35(37)38)29(33-34(18)17-19-7-9-21(39-2)10-8-19)32-26-15-25(20-11-13-40-14-12-20)31-16-23(26)28(36)22-5-3-4-6-24(22)30;;/h3-10,15-16,20H,11-14,17H2,1-2H3,(H,31,32,33);3-11,15-16H,12-14,17H2,1-2H3,(H,31,32,33);2*1H4. The Bertz CT molecular complexity index is 3640. The first-order valence-electron chi connectivity index (χ1n) is 25.4. The Morgan fingerprint density at radius 3 is 1.55 bits per heavy atom. The number of carbonyl (C=O) groups excluding carboxylic acids is 2. The first kappa shape index (κ1) is 60.8. The van der Waals surface area contributed by atoms with E-state index >= 15 is 0 Å². The topological polar surface area (TPSA) is 243 Å². The highest BCUT2D eigenvalue weighted by atomic mass is 35.5. The van der Waals surface area contributed by atoms with Gasteiger partial charge in [-0.05, 0) is 110 Å². The molecule has 0 amide bonds. The molecule has 0 saturated carbocycles. The van der Waals surface area contributed by atoms with Crippen molar-refractivity contribution >= 4 is 74.7 Å². The summed E-state index contributed by atoms with van der Waals surface area (Å²) < 4.78 is 24.5. The molecule has 22 heteroatoms. The van der Waals surface area contributed by atoms with Gasteiger partial charge in [-0.3, -0.25) is 49.1 Å². The van der Waals surface area contributed by atoms with Crippen molar-refractivity contribution in [1.82, 2.24) is 29.5 Å². The lowest BCUT2D eigenvalue weighted by Crippen LogP contribution is -2.16. The number of halogens is 2. The predicted octanol–water partition coefficient (Wildman–Crippen LogP) is 13.3. The molecule has 4 aromatic carbocycles. The minimum atomic E-state index is -0.478. The smallest absolute Gasteiger partial charge is 0.334 e. The summed E-state index contributed by atoms with van der Waals surface area (Å²) in [4.78, 5) is 59.7. The molecule has 4 aromatic heterocycles. The molecule has 0 bridgehead atoms. The highest BCUT2D eigenvalue weighted by Crippen LogP contribution is 2.37. The molecule has 1 saturated heterocycles. The fourth-order valence-corrected chi connectivity index (χ4v) is 9.72. The van der Waals surface area contributed by atoms with Crippen molar-refractivity contribution in [3.05, 3.63) is 214 Å². The van der Waals surface area contributed by atoms with Gasteiger partial charge in [0.15, 0.2) is 11.6 Å². The van der Waals surface area contributed by atoms with Crippen molar-refractivity contribution < 1.29 is 38.4 Å². The lowest BCUT2D eigenvalue weighted by atomic mass is 9.94. The van der Waals surface area contributed by atoms with E-state index in [2.05, 4.69) is 30.8 Å². The van der Waals surface area contributed by atoms with Crippen LogP contribution in [0.1, 0.15) is 106 Å². The normalized spacial score (nSPS) is 13.0. The van der Waals surface area contributed by atoms with Crippen LogP contribution in [0.25, 0.3) is 5.57 Å². The van der Waals surface area contributed by atoms with E-state index in [9.17, 15) is 29.8 Å². The van der Waals surface area contributed by atoms with E-state index in [1.54, 1.807) is 98.1 Å². The van der Waals surface area contributed by atoms with E-state index in [-0.39, 0.29) is 66.5 Å². The number of hydrogen-bond acceptors (Lipinski definition) is 16. The molecule has 82 heavy (non-hydrogen) atoms. The van der Waals surface area contributed by atoms with E-state index in [1.165, 1.54) is 12.4 Å². The molecule has 1 fully saturated rings. The molecule has 10 rings (SSSR count). The second-order valence-electron chi connectivity index (χ2n) is 18.7. The molecule has 6 heterocycles. The first-order chi connectivity index (χ1) is 38.7. The molecule has 0 aliphatic carbocycles. The zero-order valence-electron chi connectivity index (χ0n) is 44.0. The minimum Gasteiger partial charge on any atom is -0.497 e. The average molecular weight is 1150 g/mol. The fraction of sp³-hybridized carbons (Fsp3) is 0.267. The van der Waals surface area contributed by atoms with Gasteiger partial charge in [0.25, 0.3) is 0 Å². The highest BCUT2D eigenvalue weighted by molar-refractivity contribution is 6.35. The van der Waals surface area contributed by atoms with Gasteiger partial charge in [0.1, 0.15) is 22.9 Å². The second-order valence-corrected chi connectivity index (χ2v) is 19.5. The van der Waals surface area contributed by atoms with Crippen molar-refractivity contribution in [1.29, 1.82) is 0 Å². The number of hydrogen-bond donors (Lipinski definition) is 2. The number of ether oxygens (including phenoxy) is 4. The maximum Gasteiger partial charge on any atom is 0.334 e. The Labute approximate surface area is 484 Å². The summed E-state index contributed by atoms with van der Waals surface area (Å²) in [6.45, 7) is 6.16. The number of rotatable bonds is 18. The minimum absolute atomic E-state index is 0. The average Bonchev–Trinajstić information content (AvgIpc) is 4.18. The third-order valence-corrected chi connectivity index (χ3v) is 14.4. The molecule has 2 N–H and O–H groups in total. The van der Waals surface area contributed by atoms with Gasteiger partial charge in [-0.1, -0.05) is 92.7 Å². The van der Waals surface area contributed by atoms with E-state index in [0.717, 1.165) is 35.2 Å². The summed E-state index contributed by atoms with van der Waals surface area (Å²) in [6, 6.07) is 31.7. The van der Waals surface area contributed by atoms with Gasteiger partial charge in [-0.25, -0.2) is 0 Å². The van der Waals surface area contributed by atoms with Crippen LogP contribution in [0, 0.1) is 34.1 Å². The SMILES string of the molecule is C.C.COc1ccc(Cn2nc(Nc3cc(C4=CCOCC4)ncc3C(=O)c3ccccc3Cl)c([N+](=O)[O-])c2C)cc1.COc1ccc(Cn2nc(Nc3cc(C4CCOCC4)ncc3C(=O)c3ccccc3Cl)c([N+](=O)[O-])c2C)cc1. The molecule has 0 atom stereocenters. The number of nitrogens with zero attached hydrogens (tertiary/aromatic N) is 8. The number of aromatic nitrogens is 6. The van der Waals surface area contributed by atoms with Crippen LogP contribution in [0.2, 0.25) is 10.0 Å². The van der Waals surface area contributed by atoms with Crippen LogP contribution in [-0.2, 0) is 22.6 Å². The Kier molecular flexibility index (Phi) is 20.4. The van der Waals surface area contributed by atoms with Crippen LogP contribution in [0.5, 0.6) is 11.5 Å². The van der Waals surface area contributed by atoms with Gasteiger partial charge in [0, 0.05) is 48.3 Å². The Morgan fingerprint density at radius 2 is 1.11 bits per heavy atom. The van der Waals surface area contributed by atoms with Gasteiger partial charge < -0.3 is 29.6 Å². The Morgan fingerprint density at radius 1 is 0.646 bits per heavy atom. The number of anilines is 4. The third-order valence-electron chi connectivity index (χ3n) is 13.7. The van der Waals surface area contributed by atoms with Crippen LogP contribution in [-0.4, -0.2) is 91.6 Å². The Hall–Kier alpha value is -8.82. The fourth-order valence-electron chi connectivity index (χ4n) is 9.28. The number of pyridine rings is 2. The monoisotopic (exact) mass is 1150 g/mol. The summed E-state index contributed by atoms with van der Waals surface area (Å²) >= 11 is 12.7. The number of ketones is 2. The summed E-state index contributed by atoms with van der Waals surface area (Å²) in [5.41, 5.74) is 6.30. The molecule has 2 aliphatic heterocycles. The van der Waals surface area contributed by atoms with Crippen molar-refractivity contribution in [3.8, 4) is 11.5 Å². The van der Waals surface area contributed by atoms with E-state index < -0.39 is 9.85 Å². The quantitative estimate of drug-likeness (QED) is 0.0461. The maximum absolute atomic E-state index is 13.6. The van der Waals surface area contributed by atoms with Crippen molar-refractivity contribution in [2.45, 2.75) is 67.0 Å². The summed E-state index contributed by atoms with van der Waals surface area (Å²) in [6.07, 6.45) is 7.14. The van der Waals surface area contributed by atoms with E-state index in [0.29, 0.717) is 107 Å². The number of methoxy groups -OCH3 is 2. The number of benzene rings is 4. The van der Waals surface area contributed by atoms with E-state index in [1.807, 2.05) is 54.6 Å². The summed E-state index contributed by atoms with van der Waals surface area (Å²) in [7, 11) is 3.17. The number of nitro groups is 2. The molecular formula is C60H62Cl2N10O10. The Balaban J connectivity index is 0.000000230. The zero-order chi connectivity index (χ0) is 56.5. The van der Waals surface area contributed by atoms with E-state index in [4.69, 9.17) is 42.1 Å². The molecule has 0 radical (unpaired) electrons. The lowest BCUT2D eigenvalue weighted by Gasteiger charge is -2.22. The van der Waals surface area contributed by atoms with Crippen molar-refractivity contribution in [3.63, 3.8) is 0 Å². The van der Waals surface area contributed by atoms with Gasteiger partial charge in [0.05, 0.1) is 88.6 Å². The highest BCUT2D eigenvalue weighted by Gasteiger charge is 2.30. The zero-order valence-corrected chi connectivity index (χ0v) is 45.5. The van der Waals surface area contributed by atoms with Gasteiger partial charge in [-0.2, -0.15) is 0 Å². The lowest BCUT2D eigenvalue weighted by molar-refractivity contribution is -0.384. The molecule has 0 spiro atoms. The van der Waals surface area contributed by atoms with Crippen LogP contribution in [0.3, 0.4) is 0 Å². The molecule has 0 unspecified atom stereocenters. The van der Waals surface area contributed by atoms with Gasteiger partial charge in [-0.15, -0.1) is 10.2 Å².